The highest BCUT2D eigenvalue weighted by Gasteiger charge is 1.71. The Kier molecular flexibility index (Phi) is 19.1. The Hall–Kier alpha value is -0.590. The van der Waals surface area contributed by atoms with E-state index >= 15 is 0 Å². The summed E-state index contributed by atoms with van der Waals surface area (Å²) in [6.07, 6.45) is 5.93. The normalized spacial score (nSPS) is 8.70. The monoisotopic (exact) mass is 141 g/mol. The van der Waals surface area contributed by atoms with E-state index < -0.39 is 0 Å². The third-order valence-corrected chi connectivity index (χ3v) is 0.812. The molecular formula is C9H19N. The minimum absolute atomic E-state index is 0.900. The molecule has 1 heteroatoms. The summed E-state index contributed by atoms with van der Waals surface area (Å²) >= 11 is 0. The van der Waals surface area contributed by atoms with Crippen LogP contribution in [0.1, 0.15) is 33.6 Å². The fourth-order valence-corrected chi connectivity index (χ4v) is 0.413. The second kappa shape index (κ2) is 15.8. The zero-order valence-electron chi connectivity index (χ0n) is 7.43. The van der Waals surface area contributed by atoms with Gasteiger partial charge in [-0.3, -0.25) is 4.99 Å². The standard InChI is InChI=1S/C7H13N.C2H6/c1-3-5-6-7-8-4-2;1-2/h3,7H,1,4-6H2,2H3;1-2H3. The van der Waals surface area contributed by atoms with E-state index in [1.807, 2.05) is 33.1 Å². The molecule has 10 heavy (non-hydrogen) atoms. The molecule has 0 spiro atoms. The van der Waals surface area contributed by atoms with Gasteiger partial charge in [-0.1, -0.05) is 19.9 Å². The lowest BCUT2D eigenvalue weighted by molar-refractivity contribution is 1.07. The van der Waals surface area contributed by atoms with Gasteiger partial charge in [0.2, 0.25) is 0 Å². The van der Waals surface area contributed by atoms with Gasteiger partial charge in [-0.05, 0) is 26.0 Å². The molecule has 0 heterocycles. The maximum Gasteiger partial charge on any atom is 0.0357 e. The van der Waals surface area contributed by atoms with Crippen molar-refractivity contribution in [3.8, 4) is 0 Å². The molecule has 0 aromatic rings. The summed E-state index contributed by atoms with van der Waals surface area (Å²) in [5.74, 6) is 0. The van der Waals surface area contributed by atoms with Crippen molar-refractivity contribution < 1.29 is 0 Å². The molecule has 0 rings (SSSR count). The maximum absolute atomic E-state index is 4.04. The van der Waals surface area contributed by atoms with E-state index in [-0.39, 0.29) is 0 Å². The second-order valence-electron chi connectivity index (χ2n) is 1.55. The zero-order chi connectivity index (χ0) is 8.24. The number of hydrogen-bond donors (Lipinski definition) is 0. The summed E-state index contributed by atoms with van der Waals surface area (Å²) < 4.78 is 0. The van der Waals surface area contributed by atoms with E-state index in [4.69, 9.17) is 0 Å². The molecule has 0 aromatic carbocycles. The fraction of sp³-hybridized carbons (Fsp3) is 0.667. The van der Waals surface area contributed by atoms with Gasteiger partial charge in [0.15, 0.2) is 0 Å². The second-order valence-corrected chi connectivity index (χ2v) is 1.55. The predicted octanol–water partition coefficient (Wildman–Crippen LogP) is 3.07. The van der Waals surface area contributed by atoms with Crippen LogP contribution in [0.3, 0.4) is 0 Å². The van der Waals surface area contributed by atoms with Gasteiger partial charge in [-0.15, -0.1) is 6.58 Å². The Morgan fingerprint density at radius 2 is 1.90 bits per heavy atom. The minimum atomic E-state index is 0.900. The molecule has 0 unspecified atom stereocenters. The first-order valence-corrected chi connectivity index (χ1v) is 4.01. The molecule has 0 radical (unpaired) electrons. The Morgan fingerprint density at radius 3 is 2.30 bits per heavy atom. The van der Waals surface area contributed by atoms with E-state index in [0.29, 0.717) is 0 Å². The van der Waals surface area contributed by atoms with Gasteiger partial charge >= 0.3 is 0 Å². The van der Waals surface area contributed by atoms with Crippen molar-refractivity contribution in [1.29, 1.82) is 0 Å². The summed E-state index contributed by atoms with van der Waals surface area (Å²) in [6.45, 7) is 10.5. The molecule has 0 aliphatic rings. The Bertz CT molecular complexity index is 74.8. The van der Waals surface area contributed by atoms with Gasteiger partial charge in [0.05, 0.1) is 0 Å². The number of rotatable bonds is 4. The van der Waals surface area contributed by atoms with Crippen molar-refractivity contribution in [2.45, 2.75) is 33.6 Å². The van der Waals surface area contributed by atoms with Gasteiger partial charge in [0.25, 0.3) is 0 Å². The third kappa shape index (κ3) is 15.7. The van der Waals surface area contributed by atoms with Crippen molar-refractivity contribution in [3.63, 3.8) is 0 Å². The summed E-state index contributed by atoms with van der Waals surface area (Å²) in [5, 5.41) is 0. The lowest BCUT2D eigenvalue weighted by atomic mass is 10.3. The summed E-state index contributed by atoms with van der Waals surface area (Å²) in [4.78, 5) is 4.04. The Balaban J connectivity index is 0. The predicted molar refractivity (Wildman–Crippen MR) is 49.8 cm³/mol. The molecule has 0 N–H and O–H groups in total. The molecule has 0 aliphatic carbocycles. The molecule has 1 nitrogen and oxygen atoms in total. The Labute approximate surface area is 64.9 Å². The largest absolute Gasteiger partial charge is 0.298 e. The number of aliphatic imine (C=N–C) groups is 1. The van der Waals surface area contributed by atoms with Crippen molar-refractivity contribution in [1.82, 2.24) is 0 Å². The van der Waals surface area contributed by atoms with Crippen molar-refractivity contribution in [3.05, 3.63) is 12.7 Å². The number of unbranched alkanes of at least 4 members (excludes halogenated alkanes) is 1. The number of hydrogen-bond acceptors (Lipinski definition) is 1. The average Bonchev–Trinajstić information content (AvgIpc) is 2.02. The van der Waals surface area contributed by atoms with E-state index in [9.17, 15) is 0 Å². The minimum Gasteiger partial charge on any atom is -0.298 e. The van der Waals surface area contributed by atoms with Crippen LogP contribution < -0.4 is 0 Å². The van der Waals surface area contributed by atoms with Crippen LogP contribution in [0.4, 0.5) is 0 Å². The van der Waals surface area contributed by atoms with E-state index in [0.717, 1.165) is 19.4 Å². The van der Waals surface area contributed by atoms with Crippen molar-refractivity contribution in [2.24, 2.45) is 4.99 Å². The molecule has 0 aliphatic heterocycles. The number of allylic oxidation sites excluding steroid dienone is 1. The van der Waals surface area contributed by atoms with E-state index in [2.05, 4.69) is 11.6 Å². The molecule has 60 valence electrons. The Morgan fingerprint density at radius 1 is 1.30 bits per heavy atom. The average molecular weight is 141 g/mol. The third-order valence-electron chi connectivity index (χ3n) is 0.812. The molecule has 0 atom stereocenters. The molecule has 0 fully saturated rings. The summed E-state index contributed by atoms with van der Waals surface area (Å²) in [5.41, 5.74) is 0. The SMILES string of the molecule is C=CCCC=NCC.CC. The highest BCUT2D eigenvalue weighted by molar-refractivity contribution is 5.57. The van der Waals surface area contributed by atoms with Gasteiger partial charge in [-0.25, -0.2) is 0 Å². The first-order valence-electron chi connectivity index (χ1n) is 4.01. The molecular weight excluding hydrogens is 122 g/mol. The van der Waals surface area contributed by atoms with E-state index in [1.54, 1.807) is 0 Å². The van der Waals surface area contributed by atoms with Crippen LogP contribution in [0, 0.1) is 0 Å². The molecule has 0 amide bonds. The van der Waals surface area contributed by atoms with E-state index in [1.165, 1.54) is 0 Å². The highest BCUT2D eigenvalue weighted by Crippen LogP contribution is 1.83. The van der Waals surface area contributed by atoms with Gasteiger partial charge in [-0.2, -0.15) is 0 Å². The van der Waals surface area contributed by atoms with Crippen molar-refractivity contribution in [2.75, 3.05) is 6.54 Å². The van der Waals surface area contributed by atoms with Gasteiger partial charge < -0.3 is 0 Å². The lowest BCUT2D eigenvalue weighted by Crippen LogP contribution is -1.74. The van der Waals surface area contributed by atoms with Crippen LogP contribution in [-0.4, -0.2) is 12.8 Å². The molecule has 0 saturated carbocycles. The highest BCUT2D eigenvalue weighted by atomic mass is 14.7. The number of nitrogens with zero attached hydrogens (tertiary/aromatic N) is 1. The topological polar surface area (TPSA) is 12.4 Å². The van der Waals surface area contributed by atoms with Crippen LogP contribution in [0.25, 0.3) is 0 Å². The quantitative estimate of drug-likeness (QED) is 0.324. The lowest BCUT2D eigenvalue weighted by Gasteiger charge is -1.81. The zero-order valence-corrected chi connectivity index (χ0v) is 7.43. The van der Waals surface area contributed by atoms with Crippen molar-refractivity contribution >= 4 is 6.21 Å². The van der Waals surface area contributed by atoms with Gasteiger partial charge in [0, 0.05) is 6.54 Å². The first kappa shape index (κ1) is 12.1. The van der Waals surface area contributed by atoms with Crippen LogP contribution in [0.15, 0.2) is 17.6 Å². The smallest absolute Gasteiger partial charge is 0.0357 e. The molecule has 0 aromatic heterocycles. The van der Waals surface area contributed by atoms with Crippen LogP contribution in [0.2, 0.25) is 0 Å². The summed E-state index contributed by atoms with van der Waals surface area (Å²) in [7, 11) is 0. The molecule has 0 bridgehead atoms. The molecule has 0 saturated heterocycles. The summed E-state index contributed by atoms with van der Waals surface area (Å²) in [6, 6.07) is 0. The van der Waals surface area contributed by atoms with Gasteiger partial charge in [0.1, 0.15) is 0 Å². The van der Waals surface area contributed by atoms with Crippen LogP contribution in [0.5, 0.6) is 0 Å². The fourth-order valence-electron chi connectivity index (χ4n) is 0.413. The first-order chi connectivity index (χ1) is 4.91. The van der Waals surface area contributed by atoms with Crippen LogP contribution in [-0.2, 0) is 0 Å². The maximum atomic E-state index is 4.04. The van der Waals surface area contributed by atoms with Crippen LogP contribution >= 0.6 is 0 Å².